The Bertz CT molecular complexity index is 1540. The highest BCUT2D eigenvalue weighted by molar-refractivity contribution is 7.80. The Morgan fingerprint density at radius 2 is 1.88 bits per heavy atom. The number of anilines is 2. The molecule has 2 aromatic heterocycles. The van der Waals surface area contributed by atoms with Crippen molar-refractivity contribution in [1.82, 2.24) is 10.3 Å². The summed E-state index contributed by atoms with van der Waals surface area (Å²) >= 11 is 5.82. The molecule has 9 nitrogen and oxygen atoms in total. The van der Waals surface area contributed by atoms with E-state index in [2.05, 4.69) is 15.6 Å². The van der Waals surface area contributed by atoms with Crippen LogP contribution < -0.4 is 20.3 Å². The minimum atomic E-state index is -0.401. The summed E-state index contributed by atoms with van der Waals surface area (Å²) in [6.07, 6.45) is 2.09. The molecular formula is C30H28N4O5S. The summed E-state index contributed by atoms with van der Waals surface area (Å²) in [5.74, 6) is 1.30. The maximum Gasteiger partial charge on any atom is 0.337 e. The molecule has 2 aromatic carbocycles. The van der Waals surface area contributed by atoms with Crippen LogP contribution in [0.15, 0.2) is 83.4 Å². The van der Waals surface area contributed by atoms with Crippen molar-refractivity contribution in [3.8, 4) is 17.1 Å². The first-order valence-corrected chi connectivity index (χ1v) is 13.1. The highest BCUT2D eigenvalue weighted by Gasteiger charge is 2.42. The van der Waals surface area contributed by atoms with Gasteiger partial charge in [0.15, 0.2) is 5.11 Å². The SMILES string of the molecule is CCC(=O)Nc1ccc(N2C(=S)N[C@H](c3ccccn3)[C@H]2c2ccc(-c3ccc(C(=O)OC)cc3)o2)cc1OC. The molecule has 0 spiro atoms. The van der Waals surface area contributed by atoms with Crippen molar-refractivity contribution >= 4 is 40.6 Å². The first-order chi connectivity index (χ1) is 19.4. The summed E-state index contributed by atoms with van der Waals surface area (Å²) in [4.78, 5) is 30.4. The van der Waals surface area contributed by atoms with Gasteiger partial charge in [0.05, 0.1) is 37.2 Å². The summed E-state index contributed by atoms with van der Waals surface area (Å²) in [6, 6.07) is 21.4. The molecule has 5 rings (SSSR count). The number of methoxy groups -OCH3 is 2. The number of nitrogens with zero attached hydrogens (tertiary/aromatic N) is 2. The average Bonchev–Trinajstić information content (AvgIpc) is 3.62. The lowest BCUT2D eigenvalue weighted by Gasteiger charge is -2.27. The van der Waals surface area contributed by atoms with Crippen LogP contribution in [-0.2, 0) is 9.53 Å². The van der Waals surface area contributed by atoms with E-state index in [1.165, 1.54) is 7.11 Å². The second-order valence-electron chi connectivity index (χ2n) is 9.05. The number of carbonyl (C=O) groups excluding carboxylic acids is 2. The molecule has 1 saturated heterocycles. The molecule has 1 aliphatic heterocycles. The number of ether oxygens (including phenoxy) is 2. The number of nitrogens with one attached hydrogen (secondary N) is 2. The fourth-order valence-electron chi connectivity index (χ4n) is 4.65. The van der Waals surface area contributed by atoms with Gasteiger partial charge in [0, 0.05) is 29.9 Å². The van der Waals surface area contributed by atoms with E-state index in [-0.39, 0.29) is 18.0 Å². The molecule has 0 aliphatic carbocycles. The minimum Gasteiger partial charge on any atom is -0.494 e. The number of thiocarbonyl (C=S) groups is 1. The fourth-order valence-corrected chi connectivity index (χ4v) is 4.99. The van der Waals surface area contributed by atoms with Crippen molar-refractivity contribution < 1.29 is 23.5 Å². The number of carbonyl (C=O) groups is 2. The Labute approximate surface area is 237 Å². The monoisotopic (exact) mass is 556 g/mol. The molecule has 4 aromatic rings. The second kappa shape index (κ2) is 11.6. The lowest BCUT2D eigenvalue weighted by Crippen LogP contribution is -2.29. The van der Waals surface area contributed by atoms with Crippen LogP contribution in [0.3, 0.4) is 0 Å². The van der Waals surface area contributed by atoms with Crippen molar-refractivity contribution in [2.75, 3.05) is 24.4 Å². The number of amides is 1. The lowest BCUT2D eigenvalue weighted by atomic mass is 10.0. The molecule has 2 N–H and O–H groups in total. The quantitative estimate of drug-likeness (QED) is 0.210. The van der Waals surface area contributed by atoms with Gasteiger partial charge in [-0.25, -0.2) is 4.79 Å². The van der Waals surface area contributed by atoms with E-state index in [9.17, 15) is 9.59 Å². The average molecular weight is 557 g/mol. The maximum absolute atomic E-state index is 12.0. The largest absolute Gasteiger partial charge is 0.494 e. The van der Waals surface area contributed by atoms with Crippen LogP contribution in [-0.4, -0.2) is 36.2 Å². The highest BCUT2D eigenvalue weighted by Crippen LogP contribution is 2.44. The molecule has 1 fully saturated rings. The topological polar surface area (TPSA) is 106 Å². The van der Waals surface area contributed by atoms with E-state index in [1.54, 1.807) is 38.4 Å². The number of benzene rings is 2. The van der Waals surface area contributed by atoms with Gasteiger partial charge < -0.3 is 29.4 Å². The summed E-state index contributed by atoms with van der Waals surface area (Å²) in [5, 5.41) is 6.77. The molecular weight excluding hydrogens is 528 g/mol. The third-order valence-corrected chi connectivity index (χ3v) is 6.98. The molecule has 0 radical (unpaired) electrons. The highest BCUT2D eigenvalue weighted by atomic mass is 32.1. The van der Waals surface area contributed by atoms with Crippen LogP contribution in [0, 0.1) is 0 Å². The normalized spacial score (nSPS) is 16.4. The Balaban J connectivity index is 1.54. The van der Waals surface area contributed by atoms with Gasteiger partial charge in [-0.15, -0.1) is 0 Å². The van der Waals surface area contributed by atoms with Crippen molar-refractivity contribution in [1.29, 1.82) is 0 Å². The summed E-state index contributed by atoms with van der Waals surface area (Å²) in [7, 11) is 2.91. The third kappa shape index (κ3) is 5.26. The Morgan fingerprint density at radius 3 is 2.55 bits per heavy atom. The molecule has 40 heavy (non-hydrogen) atoms. The molecule has 2 atom stereocenters. The van der Waals surface area contributed by atoms with Crippen molar-refractivity contribution in [2.45, 2.75) is 25.4 Å². The maximum atomic E-state index is 12.0. The van der Waals surface area contributed by atoms with Gasteiger partial charge in [-0.05, 0) is 60.7 Å². The van der Waals surface area contributed by atoms with Crippen LogP contribution in [0.5, 0.6) is 5.75 Å². The van der Waals surface area contributed by atoms with Gasteiger partial charge in [-0.2, -0.15) is 0 Å². The predicted octanol–water partition coefficient (Wildman–Crippen LogP) is 5.66. The number of furan rings is 1. The first kappa shape index (κ1) is 26.9. The molecule has 1 amide bonds. The van der Waals surface area contributed by atoms with Crippen molar-refractivity contribution in [3.05, 3.63) is 96.0 Å². The number of esters is 1. The zero-order valence-corrected chi connectivity index (χ0v) is 23.0. The lowest BCUT2D eigenvalue weighted by molar-refractivity contribution is -0.115. The van der Waals surface area contributed by atoms with Gasteiger partial charge in [0.25, 0.3) is 0 Å². The summed E-state index contributed by atoms with van der Waals surface area (Å²) in [6.45, 7) is 1.79. The number of rotatable bonds is 8. The van der Waals surface area contributed by atoms with Gasteiger partial charge in [0.2, 0.25) is 5.91 Å². The van der Waals surface area contributed by atoms with Gasteiger partial charge in [-0.1, -0.05) is 25.1 Å². The molecule has 0 saturated carbocycles. The Hall–Kier alpha value is -4.70. The van der Waals surface area contributed by atoms with E-state index in [0.29, 0.717) is 40.1 Å². The predicted molar refractivity (Wildman–Crippen MR) is 155 cm³/mol. The zero-order chi connectivity index (χ0) is 28.2. The van der Waals surface area contributed by atoms with E-state index in [0.717, 1.165) is 16.9 Å². The standard InChI is InChI=1S/C30H28N4O5S/c1-4-26(35)32-21-13-12-20(17-25(21)37-2)34-28(27(33-30(34)40)22-7-5-6-16-31-22)24-15-14-23(39-24)18-8-10-19(11-9-18)29(36)38-3/h5-17,27-28H,4H2,1-3H3,(H,32,35)(H,33,40)/t27-,28-/m1/s1. The first-order valence-electron chi connectivity index (χ1n) is 12.7. The van der Waals surface area contributed by atoms with Crippen molar-refractivity contribution in [3.63, 3.8) is 0 Å². The van der Waals surface area contributed by atoms with Crippen LogP contribution >= 0.6 is 12.2 Å². The minimum absolute atomic E-state index is 0.111. The fraction of sp³-hybridized carbons (Fsp3) is 0.200. The third-order valence-electron chi connectivity index (χ3n) is 6.67. The number of hydrogen-bond donors (Lipinski definition) is 2. The van der Waals surface area contributed by atoms with Crippen LogP contribution in [0.4, 0.5) is 11.4 Å². The van der Waals surface area contributed by atoms with Gasteiger partial charge >= 0.3 is 5.97 Å². The number of aromatic nitrogens is 1. The molecule has 0 unspecified atom stereocenters. The molecule has 3 heterocycles. The summed E-state index contributed by atoms with van der Waals surface area (Å²) < 4.78 is 16.8. The summed E-state index contributed by atoms with van der Waals surface area (Å²) in [5.41, 5.74) is 3.40. The van der Waals surface area contributed by atoms with Gasteiger partial charge in [0.1, 0.15) is 23.3 Å². The smallest absolute Gasteiger partial charge is 0.337 e. The van der Waals surface area contributed by atoms with Crippen LogP contribution in [0.25, 0.3) is 11.3 Å². The molecule has 204 valence electrons. The molecule has 1 aliphatic rings. The van der Waals surface area contributed by atoms with E-state index in [1.807, 2.05) is 59.5 Å². The van der Waals surface area contributed by atoms with Crippen LogP contribution in [0.1, 0.15) is 47.2 Å². The van der Waals surface area contributed by atoms with Crippen LogP contribution in [0.2, 0.25) is 0 Å². The number of hydrogen-bond acceptors (Lipinski definition) is 7. The van der Waals surface area contributed by atoms with E-state index >= 15 is 0 Å². The van der Waals surface area contributed by atoms with Crippen molar-refractivity contribution in [2.24, 2.45) is 0 Å². The number of pyridine rings is 1. The van der Waals surface area contributed by atoms with Gasteiger partial charge in [-0.3, -0.25) is 9.78 Å². The van der Waals surface area contributed by atoms with E-state index in [4.69, 9.17) is 26.1 Å². The second-order valence-corrected chi connectivity index (χ2v) is 9.44. The Kier molecular flexibility index (Phi) is 7.79. The molecule has 10 heteroatoms. The Morgan fingerprint density at radius 1 is 1.07 bits per heavy atom. The van der Waals surface area contributed by atoms with E-state index < -0.39 is 5.97 Å². The zero-order valence-electron chi connectivity index (χ0n) is 22.2. The molecule has 0 bridgehead atoms.